The van der Waals surface area contributed by atoms with Gasteiger partial charge in [0.25, 0.3) is 0 Å². The van der Waals surface area contributed by atoms with Crippen molar-refractivity contribution in [3.8, 4) is 0 Å². The molecule has 0 radical (unpaired) electrons. The van der Waals surface area contributed by atoms with E-state index < -0.39 is 0 Å². The summed E-state index contributed by atoms with van der Waals surface area (Å²) in [5.41, 5.74) is 2.23. The fourth-order valence-corrected chi connectivity index (χ4v) is 1.77. The van der Waals surface area contributed by atoms with Crippen LogP contribution in [-0.2, 0) is 6.42 Å². The van der Waals surface area contributed by atoms with E-state index in [1.807, 2.05) is 34.6 Å². The normalized spacial score (nSPS) is 10.1. The van der Waals surface area contributed by atoms with Crippen molar-refractivity contribution in [2.24, 2.45) is 10.9 Å². The van der Waals surface area contributed by atoms with E-state index in [9.17, 15) is 0 Å². The molecule has 2 aromatic rings. The number of hydrazone groups is 1. The summed E-state index contributed by atoms with van der Waals surface area (Å²) in [7, 11) is 0. The molecule has 0 bridgehead atoms. The summed E-state index contributed by atoms with van der Waals surface area (Å²) in [4.78, 5) is 0. The Morgan fingerprint density at radius 1 is 0.947 bits per heavy atom. The van der Waals surface area contributed by atoms with Crippen molar-refractivity contribution in [3.05, 3.63) is 48.0 Å². The van der Waals surface area contributed by atoms with Crippen molar-refractivity contribution in [2.75, 3.05) is 0 Å². The Bertz CT molecular complexity index is 496. The Morgan fingerprint density at radius 3 is 2.16 bits per heavy atom. The van der Waals surface area contributed by atoms with E-state index in [4.69, 9.17) is 5.84 Å². The van der Waals surface area contributed by atoms with Gasteiger partial charge in [0.15, 0.2) is 0 Å². The largest absolute Gasteiger partial charge is 0.323 e. The van der Waals surface area contributed by atoms with Gasteiger partial charge in [-0.1, -0.05) is 70.2 Å². The molecule has 0 aliphatic heterocycles. The molecule has 2 aromatic carbocycles. The lowest BCUT2D eigenvalue weighted by atomic mass is 10.0. The Labute approximate surface area is 117 Å². The Kier molecular flexibility index (Phi) is 9.15. The van der Waals surface area contributed by atoms with Crippen molar-refractivity contribution in [2.45, 2.75) is 41.0 Å². The monoisotopic (exact) mass is 258 g/mol. The van der Waals surface area contributed by atoms with Gasteiger partial charge in [-0.15, -0.1) is 0 Å². The van der Waals surface area contributed by atoms with Gasteiger partial charge in [0.2, 0.25) is 0 Å². The number of fused-ring (bicyclic) bond motifs is 1. The topological polar surface area (TPSA) is 38.4 Å². The van der Waals surface area contributed by atoms with Crippen molar-refractivity contribution < 1.29 is 0 Å². The van der Waals surface area contributed by atoms with Crippen LogP contribution in [0.4, 0.5) is 0 Å². The van der Waals surface area contributed by atoms with Crippen LogP contribution < -0.4 is 5.84 Å². The average molecular weight is 258 g/mol. The van der Waals surface area contributed by atoms with Crippen LogP contribution in [0.3, 0.4) is 0 Å². The van der Waals surface area contributed by atoms with Crippen LogP contribution in [0.5, 0.6) is 0 Å². The number of hydrogen-bond acceptors (Lipinski definition) is 2. The van der Waals surface area contributed by atoms with Crippen LogP contribution in [-0.4, -0.2) is 5.71 Å². The maximum absolute atomic E-state index is 5.25. The van der Waals surface area contributed by atoms with Crippen LogP contribution in [0, 0.1) is 0 Å². The molecule has 0 saturated carbocycles. The average Bonchev–Trinajstić information content (AvgIpc) is 2.51. The summed E-state index contributed by atoms with van der Waals surface area (Å²) in [5.74, 6) is 5.25. The number of nitrogens with zero attached hydrogens (tertiary/aromatic N) is 1. The minimum absolute atomic E-state index is 0.817. The van der Waals surface area contributed by atoms with Gasteiger partial charge < -0.3 is 5.84 Å². The van der Waals surface area contributed by atoms with E-state index in [1.54, 1.807) is 0 Å². The first-order valence-corrected chi connectivity index (χ1v) is 7.01. The molecule has 0 fully saturated rings. The van der Waals surface area contributed by atoms with Crippen LogP contribution in [0.25, 0.3) is 10.8 Å². The summed E-state index contributed by atoms with van der Waals surface area (Å²) in [6.07, 6.45) is 0.817. The van der Waals surface area contributed by atoms with Gasteiger partial charge in [-0.05, 0) is 23.3 Å². The third-order valence-corrected chi connectivity index (χ3v) is 2.55. The van der Waals surface area contributed by atoms with Gasteiger partial charge in [-0.2, -0.15) is 5.10 Å². The second-order valence-electron chi connectivity index (χ2n) is 3.68. The third kappa shape index (κ3) is 5.12. The van der Waals surface area contributed by atoms with Crippen LogP contribution in [0.2, 0.25) is 0 Å². The highest BCUT2D eigenvalue weighted by molar-refractivity contribution is 5.91. The highest BCUT2D eigenvalue weighted by Gasteiger charge is 2.01. The standard InChI is InChI=1S/C13H14N2.2C2H6/c1-10(15-14)9-12-7-4-6-11-5-2-3-8-13(11)12;2*1-2/h2-8H,9,14H2,1H3;2*1-2H3/b15-10+;;. The summed E-state index contributed by atoms with van der Waals surface area (Å²) in [6.45, 7) is 9.95. The van der Waals surface area contributed by atoms with E-state index in [-0.39, 0.29) is 0 Å². The summed E-state index contributed by atoms with van der Waals surface area (Å²) in [5, 5.41) is 6.25. The van der Waals surface area contributed by atoms with Crippen molar-refractivity contribution in [1.82, 2.24) is 0 Å². The van der Waals surface area contributed by atoms with E-state index in [0.717, 1.165) is 12.1 Å². The zero-order valence-corrected chi connectivity index (χ0v) is 12.8. The molecule has 0 aromatic heterocycles. The predicted octanol–water partition coefficient (Wildman–Crippen LogP) is 4.77. The molecule has 0 unspecified atom stereocenters. The molecule has 0 aliphatic rings. The van der Waals surface area contributed by atoms with Gasteiger partial charge in [0.05, 0.1) is 0 Å². The molecule has 2 nitrogen and oxygen atoms in total. The minimum Gasteiger partial charge on any atom is -0.323 e. The molecule has 104 valence electrons. The second kappa shape index (κ2) is 10.1. The molecule has 2 heteroatoms. The molecule has 0 heterocycles. The van der Waals surface area contributed by atoms with Crippen molar-refractivity contribution in [1.29, 1.82) is 0 Å². The maximum Gasteiger partial charge on any atom is 0.0389 e. The second-order valence-corrected chi connectivity index (χ2v) is 3.68. The smallest absolute Gasteiger partial charge is 0.0389 e. The van der Waals surface area contributed by atoms with Gasteiger partial charge in [-0.25, -0.2) is 0 Å². The fraction of sp³-hybridized carbons (Fsp3) is 0.353. The van der Waals surface area contributed by atoms with Crippen molar-refractivity contribution >= 4 is 16.5 Å². The number of hydrogen-bond donors (Lipinski definition) is 1. The van der Waals surface area contributed by atoms with Gasteiger partial charge in [0, 0.05) is 12.1 Å². The lowest BCUT2D eigenvalue weighted by Crippen LogP contribution is -2.01. The lowest BCUT2D eigenvalue weighted by molar-refractivity contribution is 1.19. The molecule has 0 saturated heterocycles. The molecule has 0 amide bonds. The maximum atomic E-state index is 5.25. The van der Waals surface area contributed by atoms with Crippen LogP contribution in [0.1, 0.15) is 40.2 Å². The van der Waals surface area contributed by atoms with E-state index >= 15 is 0 Å². The zero-order valence-electron chi connectivity index (χ0n) is 12.8. The number of rotatable bonds is 2. The zero-order chi connectivity index (χ0) is 14.7. The predicted molar refractivity (Wildman–Crippen MR) is 87.6 cm³/mol. The molecular weight excluding hydrogens is 232 g/mol. The minimum atomic E-state index is 0.817. The quantitative estimate of drug-likeness (QED) is 0.470. The van der Waals surface area contributed by atoms with Crippen LogP contribution >= 0.6 is 0 Å². The van der Waals surface area contributed by atoms with E-state index in [2.05, 4.69) is 47.6 Å². The molecular formula is C17H26N2. The molecule has 0 aliphatic carbocycles. The first kappa shape index (κ1) is 17.2. The van der Waals surface area contributed by atoms with Gasteiger partial charge >= 0.3 is 0 Å². The van der Waals surface area contributed by atoms with E-state index in [1.165, 1.54) is 16.3 Å². The summed E-state index contributed by atoms with van der Waals surface area (Å²) < 4.78 is 0. The first-order chi connectivity index (χ1) is 9.31. The van der Waals surface area contributed by atoms with Crippen molar-refractivity contribution in [3.63, 3.8) is 0 Å². The fourth-order valence-electron chi connectivity index (χ4n) is 1.77. The third-order valence-electron chi connectivity index (χ3n) is 2.55. The van der Waals surface area contributed by atoms with Gasteiger partial charge in [0.1, 0.15) is 0 Å². The SMILES string of the molecule is C/C(Cc1cccc2ccccc12)=N\N.CC.CC. The summed E-state index contributed by atoms with van der Waals surface area (Å²) >= 11 is 0. The summed E-state index contributed by atoms with van der Waals surface area (Å²) in [6, 6.07) is 14.7. The lowest BCUT2D eigenvalue weighted by Gasteiger charge is -2.05. The molecule has 19 heavy (non-hydrogen) atoms. The first-order valence-electron chi connectivity index (χ1n) is 7.01. The number of nitrogens with two attached hydrogens (primary N) is 1. The molecule has 2 N–H and O–H groups in total. The van der Waals surface area contributed by atoms with Gasteiger partial charge in [-0.3, -0.25) is 0 Å². The van der Waals surface area contributed by atoms with Crippen LogP contribution in [0.15, 0.2) is 47.6 Å². The molecule has 0 atom stereocenters. The Hall–Kier alpha value is -1.83. The number of benzene rings is 2. The molecule has 2 rings (SSSR count). The Morgan fingerprint density at radius 2 is 1.53 bits per heavy atom. The highest BCUT2D eigenvalue weighted by atomic mass is 15.1. The molecule has 0 spiro atoms. The van der Waals surface area contributed by atoms with E-state index in [0.29, 0.717) is 0 Å². The highest BCUT2D eigenvalue weighted by Crippen LogP contribution is 2.18. The Balaban J connectivity index is 0.000000741.